The fourth-order valence-electron chi connectivity index (χ4n) is 1.24. The number of rotatable bonds is 5. The van der Waals surface area contributed by atoms with Crippen molar-refractivity contribution >= 4 is 6.21 Å². The van der Waals surface area contributed by atoms with Gasteiger partial charge in [-0.05, 0) is 38.1 Å². The van der Waals surface area contributed by atoms with Crippen LogP contribution in [0, 0.1) is 0 Å². The SMILES string of the molecule is CC=NOC(C)(O)c1ccc(OCC)cc1. The molecule has 0 spiro atoms. The summed E-state index contributed by atoms with van der Waals surface area (Å²) in [4.78, 5) is 4.95. The van der Waals surface area contributed by atoms with Gasteiger partial charge in [0.25, 0.3) is 5.79 Å². The lowest BCUT2D eigenvalue weighted by Crippen LogP contribution is -2.22. The number of aliphatic hydroxyl groups is 1. The molecule has 1 atom stereocenters. The maximum absolute atomic E-state index is 9.96. The molecule has 0 aliphatic rings. The highest BCUT2D eigenvalue weighted by molar-refractivity contribution is 5.52. The van der Waals surface area contributed by atoms with Gasteiger partial charge in [-0.3, -0.25) is 0 Å². The molecule has 4 heteroatoms. The lowest BCUT2D eigenvalue weighted by molar-refractivity contribution is -0.198. The van der Waals surface area contributed by atoms with E-state index in [2.05, 4.69) is 5.16 Å². The Bertz CT molecular complexity index is 344. The van der Waals surface area contributed by atoms with Crippen molar-refractivity contribution in [3.63, 3.8) is 0 Å². The van der Waals surface area contributed by atoms with E-state index in [-0.39, 0.29) is 0 Å². The number of ether oxygens (including phenoxy) is 1. The molecule has 0 saturated carbocycles. The molecule has 0 bridgehead atoms. The van der Waals surface area contributed by atoms with Crippen molar-refractivity contribution in [3.8, 4) is 5.75 Å². The molecule has 0 aliphatic carbocycles. The van der Waals surface area contributed by atoms with E-state index in [1.165, 1.54) is 13.1 Å². The van der Waals surface area contributed by atoms with E-state index in [0.717, 1.165) is 5.75 Å². The molecule has 1 unspecified atom stereocenters. The third kappa shape index (κ3) is 3.24. The zero-order valence-electron chi connectivity index (χ0n) is 9.80. The minimum atomic E-state index is -1.42. The van der Waals surface area contributed by atoms with Gasteiger partial charge in [0.2, 0.25) is 0 Å². The number of hydrogen-bond acceptors (Lipinski definition) is 4. The Morgan fingerprint density at radius 3 is 2.50 bits per heavy atom. The summed E-state index contributed by atoms with van der Waals surface area (Å²) in [5.41, 5.74) is 0.626. The van der Waals surface area contributed by atoms with Crippen molar-refractivity contribution in [2.75, 3.05) is 6.61 Å². The van der Waals surface area contributed by atoms with Gasteiger partial charge in [0.05, 0.1) is 6.61 Å². The Morgan fingerprint density at radius 2 is 2.00 bits per heavy atom. The van der Waals surface area contributed by atoms with Crippen LogP contribution >= 0.6 is 0 Å². The van der Waals surface area contributed by atoms with E-state index in [1.807, 2.05) is 6.92 Å². The van der Waals surface area contributed by atoms with E-state index >= 15 is 0 Å². The number of hydrogen-bond donors (Lipinski definition) is 1. The van der Waals surface area contributed by atoms with E-state index in [0.29, 0.717) is 12.2 Å². The first-order chi connectivity index (χ1) is 7.60. The zero-order chi connectivity index (χ0) is 12.0. The van der Waals surface area contributed by atoms with E-state index in [4.69, 9.17) is 9.57 Å². The fourth-order valence-corrected chi connectivity index (χ4v) is 1.24. The molecule has 0 saturated heterocycles. The van der Waals surface area contributed by atoms with E-state index in [1.54, 1.807) is 31.2 Å². The first kappa shape index (κ1) is 12.5. The highest BCUT2D eigenvalue weighted by Crippen LogP contribution is 2.24. The van der Waals surface area contributed by atoms with Gasteiger partial charge in [-0.15, -0.1) is 0 Å². The molecule has 4 nitrogen and oxygen atoms in total. The molecule has 1 N–H and O–H groups in total. The minimum absolute atomic E-state index is 0.617. The van der Waals surface area contributed by atoms with Crippen LogP contribution in [-0.4, -0.2) is 17.9 Å². The Kier molecular flexibility index (Phi) is 4.31. The molecule has 1 aromatic carbocycles. The van der Waals surface area contributed by atoms with Crippen molar-refractivity contribution in [1.29, 1.82) is 0 Å². The second kappa shape index (κ2) is 5.51. The second-order valence-corrected chi connectivity index (χ2v) is 3.40. The van der Waals surface area contributed by atoms with Gasteiger partial charge < -0.3 is 14.7 Å². The summed E-state index contributed by atoms with van der Waals surface area (Å²) in [5, 5.41) is 13.5. The summed E-state index contributed by atoms with van der Waals surface area (Å²) in [6.45, 7) is 5.79. The lowest BCUT2D eigenvalue weighted by atomic mass is 10.1. The van der Waals surface area contributed by atoms with E-state index < -0.39 is 5.79 Å². The molecule has 88 valence electrons. The quantitative estimate of drug-likeness (QED) is 0.473. The predicted octanol–water partition coefficient (Wildman–Crippen LogP) is 2.27. The average molecular weight is 223 g/mol. The van der Waals surface area contributed by atoms with Crippen LogP contribution in [0.5, 0.6) is 5.75 Å². The van der Waals surface area contributed by atoms with Gasteiger partial charge >= 0.3 is 0 Å². The summed E-state index contributed by atoms with van der Waals surface area (Å²) in [7, 11) is 0. The Morgan fingerprint density at radius 1 is 1.38 bits per heavy atom. The molecule has 0 fully saturated rings. The van der Waals surface area contributed by atoms with Crippen molar-refractivity contribution in [1.82, 2.24) is 0 Å². The van der Waals surface area contributed by atoms with E-state index in [9.17, 15) is 5.11 Å². The van der Waals surface area contributed by atoms with Gasteiger partial charge in [0.1, 0.15) is 5.75 Å². The Hall–Kier alpha value is -1.55. The van der Waals surface area contributed by atoms with Crippen molar-refractivity contribution in [3.05, 3.63) is 29.8 Å². The third-order valence-corrected chi connectivity index (χ3v) is 2.04. The molecule has 0 aromatic heterocycles. The predicted molar refractivity (Wildman–Crippen MR) is 62.4 cm³/mol. The molecule has 0 amide bonds. The molecule has 1 aromatic rings. The zero-order valence-corrected chi connectivity index (χ0v) is 9.80. The van der Waals surface area contributed by atoms with Crippen LogP contribution in [0.2, 0.25) is 0 Å². The first-order valence-corrected chi connectivity index (χ1v) is 5.22. The minimum Gasteiger partial charge on any atom is -0.494 e. The standard InChI is InChI=1S/C12H17NO3/c1-4-13-16-12(3,14)10-6-8-11(9-7-10)15-5-2/h4,6-9,14H,5H2,1-3H3. The first-order valence-electron chi connectivity index (χ1n) is 5.22. The molecule has 0 heterocycles. The monoisotopic (exact) mass is 223 g/mol. The highest BCUT2D eigenvalue weighted by Gasteiger charge is 2.25. The van der Waals surface area contributed by atoms with Crippen LogP contribution in [0.15, 0.2) is 29.4 Å². The van der Waals surface area contributed by atoms with Crippen LogP contribution in [0.1, 0.15) is 26.3 Å². The number of nitrogens with zero attached hydrogens (tertiary/aromatic N) is 1. The molecular formula is C12H17NO3. The fraction of sp³-hybridized carbons (Fsp3) is 0.417. The largest absolute Gasteiger partial charge is 0.494 e. The maximum Gasteiger partial charge on any atom is 0.257 e. The average Bonchev–Trinajstić information content (AvgIpc) is 2.28. The number of benzene rings is 1. The normalized spacial score (nSPS) is 14.8. The summed E-state index contributed by atoms with van der Waals surface area (Å²) >= 11 is 0. The molecular weight excluding hydrogens is 206 g/mol. The molecule has 1 rings (SSSR count). The van der Waals surface area contributed by atoms with Gasteiger partial charge in [-0.2, -0.15) is 0 Å². The van der Waals surface area contributed by atoms with Crippen LogP contribution in [-0.2, 0) is 10.6 Å². The van der Waals surface area contributed by atoms with Crippen molar-refractivity contribution in [2.45, 2.75) is 26.6 Å². The van der Waals surface area contributed by atoms with Crippen LogP contribution in [0.25, 0.3) is 0 Å². The lowest BCUT2D eigenvalue weighted by Gasteiger charge is -2.20. The highest BCUT2D eigenvalue weighted by atomic mass is 16.7. The Balaban J connectivity index is 2.79. The summed E-state index contributed by atoms with van der Waals surface area (Å²) < 4.78 is 5.30. The maximum atomic E-state index is 9.96. The van der Waals surface area contributed by atoms with Crippen LogP contribution in [0.3, 0.4) is 0 Å². The molecule has 16 heavy (non-hydrogen) atoms. The summed E-state index contributed by atoms with van der Waals surface area (Å²) in [5.74, 6) is -0.655. The van der Waals surface area contributed by atoms with Crippen molar-refractivity contribution in [2.24, 2.45) is 5.16 Å². The van der Waals surface area contributed by atoms with Crippen molar-refractivity contribution < 1.29 is 14.7 Å². The van der Waals surface area contributed by atoms with Gasteiger partial charge in [-0.1, -0.05) is 5.16 Å². The second-order valence-electron chi connectivity index (χ2n) is 3.40. The van der Waals surface area contributed by atoms with Gasteiger partial charge in [0.15, 0.2) is 0 Å². The third-order valence-electron chi connectivity index (χ3n) is 2.04. The van der Waals surface area contributed by atoms with Gasteiger partial charge in [0, 0.05) is 18.7 Å². The number of oxime groups is 1. The molecule has 0 aliphatic heterocycles. The topological polar surface area (TPSA) is 51.0 Å². The van der Waals surface area contributed by atoms with Gasteiger partial charge in [-0.25, -0.2) is 0 Å². The van der Waals surface area contributed by atoms with Crippen LogP contribution < -0.4 is 4.74 Å². The smallest absolute Gasteiger partial charge is 0.257 e. The van der Waals surface area contributed by atoms with Crippen LogP contribution in [0.4, 0.5) is 0 Å². The molecule has 0 radical (unpaired) electrons. The summed E-state index contributed by atoms with van der Waals surface area (Å²) in [6.07, 6.45) is 1.48. The Labute approximate surface area is 95.5 Å². The summed E-state index contributed by atoms with van der Waals surface area (Å²) in [6, 6.07) is 7.06.